The lowest BCUT2D eigenvalue weighted by molar-refractivity contribution is 0.570. The van der Waals surface area contributed by atoms with Crippen molar-refractivity contribution in [1.82, 2.24) is 0 Å². The Morgan fingerprint density at radius 2 is 1.86 bits per heavy atom. The van der Waals surface area contributed by atoms with Gasteiger partial charge in [0.2, 0.25) is 0 Å². The van der Waals surface area contributed by atoms with E-state index in [1.54, 1.807) is 6.92 Å². The predicted molar refractivity (Wildman–Crippen MR) is 80.5 cm³/mol. The number of nitrogens with two attached hydrogens (primary N) is 1. The molecule has 0 atom stereocenters. The first-order valence-electron chi connectivity index (χ1n) is 5.74. The summed E-state index contributed by atoms with van der Waals surface area (Å²) in [5.41, 5.74) is 6.15. The quantitative estimate of drug-likeness (QED) is 0.806. The van der Waals surface area contributed by atoms with Crippen LogP contribution in [0.3, 0.4) is 0 Å². The van der Waals surface area contributed by atoms with Gasteiger partial charge in [0.25, 0.3) is 10.0 Å². The van der Waals surface area contributed by atoms with E-state index in [9.17, 15) is 17.2 Å². The second-order valence-corrected chi connectivity index (χ2v) is 6.87. The van der Waals surface area contributed by atoms with Crippen LogP contribution >= 0.6 is 15.9 Å². The zero-order chi connectivity index (χ0) is 15.8. The number of sulfonamides is 1. The number of hydrogen-bond acceptors (Lipinski definition) is 3. The molecule has 0 bridgehead atoms. The van der Waals surface area contributed by atoms with Gasteiger partial charge >= 0.3 is 0 Å². The minimum atomic E-state index is -4.22. The number of aryl methyl sites for hydroxylation is 1. The molecule has 2 rings (SSSR count). The molecule has 112 valence electrons. The van der Waals surface area contributed by atoms with E-state index in [1.165, 1.54) is 6.07 Å². The van der Waals surface area contributed by atoms with E-state index in [2.05, 4.69) is 20.7 Å². The average molecular weight is 377 g/mol. The molecule has 0 fully saturated rings. The Bertz CT molecular complexity index is 810. The molecule has 0 amide bonds. The van der Waals surface area contributed by atoms with Crippen LogP contribution in [-0.2, 0) is 10.0 Å². The molecule has 0 unspecified atom stereocenters. The minimum absolute atomic E-state index is 0.0338. The molecule has 0 spiro atoms. The highest BCUT2D eigenvalue weighted by atomic mass is 79.9. The third-order valence-corrected chi connectivity index (χ3v) is 4.85. The maximum Gasteiger partial charge on any atom is 0.264 e. The molecule has 0 aliphatic carbocycles. The van der Waals surface area contributed by atoms with Crippen molar-refractivity contribution in [2.24, 2.45) is 0 Å². The van der Waals surface area contributed by atoms with Crippen molar-refractivity contribution in [1.29, 1.82) is 0 Å². The highest BCUT2D eigenvalue weighted by molar-refractivity contribution is 9.10. The van der Waals surface area contributed by atoms with Crippen molar-refractivity contribution in [3.8, 4) is 0 Å². The van der Waals surface area contributed by atoms with Gasteiger partial charge in [-0.25, -0.2) is 17.2 Å². The van der Waals surface area contributed by atoms with Gasteiger partial charge in [-0.1, -0.05) is 0 Å². The van der Waals surface area contributed by atoms with E-state index in [4.69, 9.17) is 5.73 Å². The predicted octanol–water partition coefficient (Wildman–Crippen LogP) is 3.42. The molecule has 0 aliphatic rings. The Morgan fingerprint density at radius 3 is 2.52 bits per heavy atom. The van der Waals surface area contributed by atoms with Gasteiger partial charge in [-0.2, -0.15) is 0 Å². The molecule has 3 N–H and O–H groups in total. The van der Waals surface area contributed by atoms with Crippen LogP contribution in [0.4, 0.5) is 20.2 Å². The molecule has 0 aliphatic heterocycles. The smallest absolute Gasteiger partial charge is 0.264 e. The lowest BCUT2D eigenvalue weighted by Gasteiger charge is -2.12. The van der Waals surface area contributed by atoms with Crippen LogP contribution in [0.15, 0.2) is 39.7 Å². The van der Waals surface area contributed by atoms with Crippen LogP contribution in [0, 0.1) is 18.6 Å². The molecular formula is C13H11BrF2N2O2S. The van der Waals surface area contributed by atoms with Gasteiger partial charge in [-0.3, -0.25) is 4.72 Å². The Balaban J connectivity index is 2.48. The van der Waals surface area contributed by atoms with E-state index >= 15 is 0 Å². The average Bonchev–Trinajstić information content (AvgIpc) is 2.37. The molecule has 0 heterocycles. The molecule has 4 nitrogen and oxygen atoms in total. The molecule has 0 saturated carbocycles. The summed E-state index contributed by atoms with van der Waals surface area (Å²) in [6, 6.07) is 5.54. The van der Waals surface area contributed by atoms with Crippen LogP contribution in [0.1, 0.15) is 5.56 Å². The summed E-state index contributed by atoms with van der Waals surface area (Å²) in [5.74, 6) is -1.55. The normalized spacial score (nSPS) is 11.4. The molecule has 2 aromatic carbocycles. The maximum atomic E-state index is 13.8. The van der Waals surface area contributed by atoms with Gasteiger partial charge < -0.3 is 5.73 Å². The number of nitrogens with one attached hydrogen (secondary N) is 1. The highest BCUT2D eigenvalue weighted by Crippen LogP contribution is 2.28. The van der Waals surface area contributed by atoms with Gasteiger partial charge in [0.05, 0.1) is 5.69 Å². The zero-order valence-electron chi connectivity index (χ0n) is 10.8. The van der Waals surface area contributed by atoms with Gasteiger partial charge in [0.15, 0.2) is 0 Å². The topological polar surface area (TPSA) is 72.2 Å². The van der Waals surface area contributed by atoms with E-state index in [1.807, 2.05) is 0 Å². The van der Waals surface area contributed by atoms with Crippen molar-refractivity contribution < 1.29 is 17.2 Å². The van der Waals surface area contributed by atoms with Crippen molar-refractivity contribution in [2.75, 3.05) is 10.5 Å². The second-order valence-electron chi connectivity index (χ2n) is 4.37. The SMILES string of the molecule is Cc1cc(F)c(S(=O)(=O)Nc2cc(F)ccc2Br)cc1N. The van der Waals surface area contributed by atoms with E-state index < -0.39 is 26.6 Å². The summed E-state index contributed by atoms with van der Waals surface area (Å²) in [7, 11) is -4.22. The second kappa shape index (κ2) is 5.61. The van der Waals surface area contributed by atoms with Crippen LogP contribution in [-0.4, -0.2) is 8.42 Å². The standard InChI is InChI=1S/C13H11BrF2N2O2S/c1-7-4-10(16)13(6-11(7)17)21(19,20)18-12-5-8(15)2-3-9(12)14/h2-6,18H,17H2,1H3. The number of hydrogen-bond donors (Lipinski definition) is 2. The summed E-state index contributed by atoms with van der Waals surface area (Å²) in [6.07, 6.45) is 0. The third-order valence-electron chi connectivity index (χ3n) is 2.78. The van der Waals surface area contributed by atoms with Crippen molar-refractivity contribution in [3.63, 3.8) is 0 Å². The molecular weight excluding hydrogens is 366 g/mol. The summed E-state index contributed by atoms with van der Waals surface area (Å²) >= 11 is 3.09. The Labute approximate surface area is 129 Å². The number of benzene rings is 2. The fourth-order valence-electron chi connectivity index (χ4n) is 1.65. The van der Waals surface area contributed by atoms with E-state index in [0.29, 0.717) is 10.0 Å². The maximum absolute atomic E-state index is 13.8. The first-order chi connectivity index (χ1) is 9.70. The van der Waals surface area contributed by atoms with Crippen LogP contribution in [0.5, 0.6) is 0 Å². The molecule has 0 aromatic heterocycles. The highest BCUT2D eigenvalue weighted by Gasteiger charge is 2.21. The number of nitrogen functional groups attached to an aromatic ring is 1. The van der Waals surface area contributed by atoms with Crippen LogP contribution in [0.2, 0.25) is 0 Å². The van der Waals surface area contributed by atoms with Gasteiger partial charge in [-0.15, -0.1) is 0 Å². The molecule has 2 aromatic rings. The number of halogens is 3. The number of rotatable bonds is 3. The van der Waals surface area contributed by atoms with Crippen LogP contribution < -0.4 is 10.5 Å². The monoisotopic (exact) mass is 376 g/mol. The fourth-order valence-corrected chi connectivity index (χ4v) is 3.29. The van der Waals surface area contributed by atoms with Crippen molar-refractivity contribution >= 4 is 37.3 Å². The molecule has 21 heavy (non-hydrogen) atoms. The first-order valence-corrected chi connectivity index (χ1v) is 8.02. The van der Waals surface area contributed by atoms with E-state index in [0.717, 1.165) is 24.3 Å². The largest absolute Gasteiger partial charge is 0.398 e. The zero-order valence-corrected chi connectivity index (χ0v) is 13.2. The Morgan fingerprint density at radius 1 is 1.19 bits per heavy atom. The third kappa shape index (κ3) is 3.33. The summed E-state index contributed by atoms with van der Waals surface area (Å²) in [6.45, 7) is 1.56. The Hall–Kier alpha value is -1.67. The first kappa shape index (κ1) is 15.7. The summed E-state index contributed by atoms with van der Waals surface area (Å²) in [5, 5.41) is 0. The molecule has 0 radical (unpaired) electrons. The Kier molecular flexibility index (Phi) is 4.20. The van der Waals surface area contributed by atoms with Crippen molar-refractivity contribution in [3.05, 3.63) is 52.0 Å². The minimum Gasteiger partial charge on any atom is -0.398 e. The number of anilines is 2. The van der Waals surface area contributed by atoms with Gasteiger partial charge in [0.1, 0.15) is 16.5 Å². The van der Waals surface area contributed by atoms with Crippen molar-refractivity contribution in [2.45, 2.75) is 11.8 Å². The molecule has 8 heteroatoms. The lowest BCUT2D eigenvalue weighted by atomic mass is 10.2. The van der Waals surface area contributed by atoms with Gasteiger partial charge in [0, 0.05) is 10.2 Å². The molecule has 0 saturated heterocycles. The summed E-state index contributed by atoms with van der Waals surface area (Å²) < 4.78 is 53.9. The van der Waals surface area contributed by atoms with Gasteiger partial charge in [-0.05, 0) is 58.7 Å². The van der Waals surface area contributed by atoms with E-state index in [-0.39, 0.29) is 11.4 Å². The lowest BCUT2D eigenvalue weighted by Crippen LogP contribution is -2.15. The van der Waals surface area contributed by atoms with Crippen LogP contribution in [0.25, 0.3) is 0 Å². The summed E-state index contributed by atoms with van der Waals surface area (Å²) in [4.78, 5) is -0.596. The fraction of sp³-hybridized carbons (Fsp3) is 0.0769.